The van der Waals surface area contributed by atoms with Crippen molar-refractivity contribution in [3.05, 3.63) is 75.3 Å². The highest BCUT2D eigenvalue weighted by Gasteiger charge is 2.08. The first-order chi connectivity index (χ1) is 9.72. The van der Waals surface area contributed by atoms with Gasteiger partial charge in [0.2, 0.25) is 0 Å². The summed E-state index contributed by atoms with van der Waals surface area (Å²) in [5.41, 5.74) is 2.95. The second-order valence-corrected chi connectivity index (χ2v) is 5.75. The van der Waals surface area contributed by atoms with Gasteiger partial charge in [-0.3, -0.25) is 0 Å². The molecule has 0 amide bonds. The van der Waals surface area contributed by atoms with E-state index < -0.39 is 0 Å². The molecule has 3 aromatic rings. The van der Waals surface area contributed by atoms with E-state index in [1.54, 1.807) is 17.4 Å². The molecule has 1 nitrogen and oxygen atoms in total. The van der Waals surface area contributed by atoms with Crippen LogP contribution in [0, 0.1) is 5.82 Å². The average molecular weight is 304 g/mol. The van der Waals surface area contributed by atoms with Gasteiger partial charge in [0.05, 0.1) is 10.7 Å². The molecule has 0 bridgehead atoms. The van der Waals surface area contributed by atoms with Crippen molar-refractivity contribution in [3.63, 3.8) is 0 Å². The van der Waals surface area contributed by atoms with Crippen LogP contribution in [-0.2, 0) is 6.42 Å². The van der Waals surface area contributed by atoms with Gasteiger partial charge >= 0.3 is 0 Å². The Bertz CT molecular complexity index is 724. The number of nitrogens with zero attached hydrogens (tertiary/aromatic N) is 1. The molecule has 3 rings (SSSR count). The van der Waals surface area contributed by atoms with E-state index in [0.717, 1.165) is 21.8 Å². The third-order valence-corrected chi connectivity index (χ3v) is 4.18. The SMILES string of the molecule is Fc1ccc(Cc2nc(-c3ccccc3)cs2)c(Cl)c1. The number of hydrogen-bond acceptors (Lipinski definition) is 2. The molecule has 20 heavy (non-hydrogen) atoms. The Morgan fingerprint density at radius 1 is 1.10 bits per heavy atom. The van der Waals surface area contributed by atoms with Gasteiger partial charge in [-0.05, 0) is 17.7 Å². The molecule has 1 aromatic heterocycles. The molecule has 100 valence electrons. The van der Waals surface area contributed by atoms with E-state index in [-0.39, 0.29) is 5.82 Å². The van der Waals surface area contributed by atoms with Crippen molar-refractivity contribution in [2.45, 2.75) is 6.42 Å². The van der Waals surface area contributed by atoms with Crippen LogP contribution in [0.3, 0.4) is 0 Å². The van der Waals surface area contributed by atoms with Crippen LogP contribution >= 0.6 is 22.9 Å². The third kappa shape index (κ3) is 2.89. The number of hydrogen-bond donors (Lipinski definition) is 0. The van der Waals surface area contributed by atoms with E-state index in [0.29, 0.717) is 11.4 Å². The number of thiazole rings is 1. The zero-order valence-electron chi connectivity index (χ0n) is 10.5. The lowest BCUT2D eigenvalue weighted by Gasteiger charge is -2.01. The van der Waals surface area contributed by atoms with E-state index in [9.17, 15) is 4.39 Å². The van der Waals surface area contributed by atoms with Crippen molar-refractivity contribution < 1.29 is 4.39 Å². The minimum atomic E-state index is -0.317. The zero-order chi connectivity index (χ0) is 13.9. The summed E-state index contributed by atoms with van der Waals surface area (Å²) >= 11 is 7.63. The first-order valence-corrected chi connectivity index (χ1v) is 7.42. The van der Waals surface area contributed by atoms with E-state index in [2.05, 4.69) is 4.98 Å². The molecular weight excluding hydrogens is 293 g/mol. The lowest BCUT2D eigenvalue weighted by atomic mass is 10.1. The number of aromatic nitrogens is 1. The van der Waals surface area contributed by atoms with Crippen molar-refractivity contribution in [3.8, 4) is 11.3 Å². The van der Waals surface area contributed by atoms with E-state index in [4.69, 9.17) is 11.6 Å². The monoisotopic (exact) mass is 303 g/mol. The zero-order valence-corrected chi connectivity index (χ0v) is 12.1. The van der Waals surface area contributed by atoms with Gasteiger partial charge in [-0.25, -0.2) is 9.37 Å². The van der Waals surface area contributed by atoms with Gasteiger partial charge < -0.3 is 0 Å². The Balaban J connectivity index is 1.84. The Morgan fingerprint density at radius 2 is 1.90 bits per heavy atom. The highest BCUT2D eigenvalue weighted by Crippen LogP contribution is 2.25. The molecule has 4 heteroatoms. The summed E-state index contributed by atoms with van der Waals surface area (Å²) in [5, 5.41) is 3.45. The molecule has 0 spiro atoms. The highest BCUT2D eigenvalue weighted by molar-refractivity contribution is 7.10. The van der Waals surface area contributed by atoms with Gasteiger partial charge in [0.1, 0.15) is 5.82 Å². The molecular formula is C16H11ClFNS. The molecule has 0 unspecified atom stereocenters. The molecule has 0 fully saturated rings. The predicted molar refractivity (Wildman–Crippen MR) is 81.8 cm³/mol. The van der Waals surface area contributed by atoms with Crippen molar-refractivity contribution in [2.75, 3.05) is 0 Å². The van der Waals surface area contributed by atoms with Crippen LogP contribution in [0.5, 0.6) is 0 Å². The fourth-order valence-corrected chi connectivity index (χ4v) is 3.02. The van der Waals surface area contributed by atoms with E-state index in [1.165, 1.54) is 12.1 Å². The van der Waals surface area contributed by atoms with Crippen LogP contribution in [0.1, 0.15) is 10.6 Å². The van der Waals surface area contributed by atoms with Crippen LogP contribution in [0.2, 0.25) is 5.02 Å². The molecule has 1 heterocycles. The molecule has 0 radical (unpaired) electrons. The fraction of sp³-hybridized carbons (Fsp3) is 0.0625. The van der Waals surface area contributed by atoms with Gasteiger partial charge in [-0.1, -0.05) is 48.0 Å². The normalized spacial score (nSPS) is 10.7. The maximum Gasteiger partial charge on any atom is 0.124 e. The minimum absolute atomic E-state index is 0.317. The molecule has 0 saturated carbocycles. The first-order valence-electron chi connectivity index (χ1n) is 6.16. The van der Waals surface area contributed by atoms with E-state index >= 15 is 0 Å². The second kappa shape index (κ2) is 5.73. The maximum atomic E-state index is 13.0. The first kappa shape index (κ1) is 13.3. The summed E-state index contributed by atoms with van der Waals surface area (Å²) in [4.78, 5) is 4.61. The lowest BCUT2D eigenvalue weighted by Crippen LogP contribution is -1.90. The highest BCUT2D eigenvalue weighted by atomic mass is 35.5. The Hall–Kier alpha value is -1.71. The van der Waals surface area contributed by atoms with Crippen molar-refractivity contribution >= 4 is 22.9 Å². The summed E-state index contributed by atoms with van der Waals surface area (Å²) in [6.45, 7) is 0. The summed E-state index contributed by atoms with van der Waals surface area (Å²) in [7, 11) is 0. The molecule has 0 atom stereocenters. The quantitative estimate of drug-likeness (QED) is 0.648. The van der Waals surface area contributed by atoms with Gasteiger partial charge in [-0.2, -0.15) is 0 Å². The summed E-state index contributed by atoms with van der Waals surface area (Å²) in [6, 6.07) is 14.5. The van der Waals surface area contributed by atoms with Crippen LogP contribution in [0.4, 0.5) is 4.39 Å². The summed E-state index contributed by atoms with van der Waals surface area (Å²) < 4.78 is 13.0. The number of halogens is 2. The minimum Gasteiger partial charge on any atom is -0.241 e. The van der Waals surface area contributed by atoms with Crippen molar-refractivity contribution in [1.29, 1.82) is 0 Å². The Kier molecular flexibility index (Phi) is 3.81. The molecule has 2 aromatic carbocycles. The number of benzene rings is 2. The standard InChI is InChI=1S/C16H11ClFNS/c17-14-9-13(18)7-6-12(14)8-16-19-15(10-20-16)11-4-2-1-3-5-11/h1-7,9-10H,8H2. The van der Waals surface area contributed by atoms with Gasteiger partial charge in [0.25, 0.3) is 0 Å². The van der Waals surface area contributed by atoms with Crippen LogP contribution in [0.25, 0.3) is 11.3 Å². The average Bonchev–Trinajstić information content (AvgIpc) is 2.92. The third-order valence-electron chi connectivity index (χ3n) is 2.98. The summed E-state index contributed by atoms with van der Waals surface area (Å²) in [6.07, 6.45) is 0.622. The van der Waals surface area contributed by atoms with Crippen LogP contribution < -0.4 is 0 Å². The van der Waals surface area contributed by atoms with Crippen molar-refractivity contribution in [1.82, 2.24) is 4.98 Å². The number of rotatable bonds is 3. The largest absolute Gasteiger partial charge is 0.241 e. The molecule has 0 aliphatic rings. The molecule has 0 aliphatic heterocycles. The molecule has 0 N–H and O–H groups in total. The van der Waals surface area contributed by atoms with Crippen LogP contribution in [0.15, 0.2) is 53.9 Å². The Morgan fingerprint density at radius 3 is 2.65 bits per heavy atom. The molecule has 0 aliphatic carbocycles. The van der Waals surface area contributed by atoms with E-state index in [1.807, 2.05) is 35.7 Å². The topological polar surface area (TPSA) is 12.9 Å². The predicted octanol–water partition coefficient (Wildman–Crippen LogP) is 5.19. The maximum absolute atomic E-state index is 13.0. The summed E-state index contributed by atoms with van der Waals surface area (Å²) in [5.74, 6) is -0.317. The van der Waals surface area contributed by atoms with Gasteiger partial charge in [-0.15, -0.1) is 11.3 Å². The van der Waals surface area contributed by atoms with Gasteiger partial charge in [0.15, 0.2) is 0 Å². The lowest BCUT2D eigenvalue weighted by molar-refractivity contribution is 0.627. The smallest absolute Gasteiger partial charge is 0.124 e. The van der Waals surface area contributed by atoms with Crippen molar-refractivity contribution in [2.24, 2.45) is 0 Å². The van der Waals surface area contributed by atoms with Crippen LogP contribution in [-0.4, -0.2) is 4.98 Å². The molecule has 0 saturated heterocycles. The fourth-order valence-electron chi connectivity index (χ4n) is 1.96. The second-order valence-electron chi connectivity index (χ2n) is 4.41. The van der Waals surface area contributed by atoms with Gasteiger partial charge in [0, 0.05) is 22.4 Å². The Labute approximate surface area is 125 Å².